The van der Waals surface area contributed by atoms with Crippen LogP contribution in [0.3, 0.4) is 0 Å². The van der Waals surface area contributed by atoms with Gasteiger partial charge in [-0.15, -0.1) is 12.4 Å². The molecule has 0 saturated carbocycles. The molecule has 1 N–H and O–H groups in total. The van der Waals surface area contributed by atoms with E-state index in [0.717, 1.165) is 45.4 Å². The van der Waals surface area contributed by atoms with Crippen LogP contribution in [0.15, 0.2) is 0 Å². The molecule has 2 saturated heterocycles. The van der Waals surface area contributed by atoms with Gasteiger partial charge >= 0.3 is 0 Å². The number of hydrogen-bond acceptors (Lipinski definition) is 3. The summed E-state index contributed by atoms with van der Waals surface area (Å²) in [4.78, 5) is 27.7. The Kier molecular flexibility index (Phi) is 6.58. The first kappa shape index (κ1) is 16.2. The standard InChI is InChI=1S/C13H23N3O2.ClH/c1-2-4-12(17)15-7-3-5-11(10-15)16-8-6-14-9-13(16)18;/h11,14H,2-10H2,1H3;1H. The van der Waals surface area contributed by atoms with Gasteiger partial charge in [0.05, 0.1) is 6.54 Å². The summed E-state index contributed by atoms with van der Waals surface area (Å²) in [7, 11) is 0. The maximum atomic E-state index is 11.9. The molecule has 0 aromatic rings. The highest BCUT2D eigenvalue weighted by molar-refractivity contribution is 5.85. The summed E-state index contributed by atoms with van der Waals surface area (Å²) in [5.74, 6) is 0.417. The zero-order valence-corrected chi connectivity index (χ0v) is 12.4. The molecule has 2 amide bonds. The molecule has 6 heteroatoms. The Morgan fingerprint density at radius 2 is 2.21 bits per heavy atom. The van der Waals surface area contributed by atoms with Crippen molar-refractivity contribution in [3.05, 3.63) is 0 Å². The predicted octanol–water partition coefficient (Wildman–Crippen LogP) is 0.631. The molecule has 2 rings (SSSR count). The van der Waals surface area contributed by atoms with Crippen LogP contribution in [-0.4, -0.2) is 60.4 Å². The number of carbonyl (C=O) groups is 2. The van der Waals surface area contributed by atoms with Gasteiger partial charge in [-0.05, 0) is 19.3 Å². The lowest BCUT2D eigenvalue weighted by Gasteiger charge is -2.41. The van der Waals surface area contributed by atoms with Gasteiger partial charge in [-0.3, -0.25) is 9.59 Å². The van der Waals surface area contributed by atoms with Crippen molar-refractivity contribution in [3.8, 4) is 0 Å². The number of piperazine rings is 1. The van der Waals surface area contributed by atoms with Gasteiger partial charge in [0.15, 0.2) is 0 Å². The molecule has 1 atom stereocenters. The molecule has 5 nitrogen and oxygen atoms in total. The Bertz CT molecular complexity index is 325. The third-order valence-electron chi connectivity index (χ3n) is 3.78. The summed E-state index contributed by atoms with van der Waals surface area (Å²) in [5, 5.41) is 3.09. The second-order valence-electron chi connectivity index (χ2n) is 5.15. The maximum Gasteiger partial charge on any atom is 0.236 e. The minimum absolute atomic E-state index is 0. The first-order valence-electron chi connectivity index (χ1n) is 7.00. The molecule has 110 valence electrons. The highest BCUT2D eigenvalue weighted by Crippen LogP contribution is 2.17. The van der Waals surface area contributed by atoms with Crippen molar-refractivity contribution in [3.63, 3.8) is 0 Å². The topological polar surface area (TPSA) is 52.7 Å². The number of piperidine rings is 1. The highest BCUT2D eigenvalue weighted by atomic mass is 35.5. The summed E-state index contributed by atoms with van der Waals surface area (Å²) >= 11 is 0. The Labute approximate surface area is 121 Å². The molecule has 1 unspecified atom stereocenters. The average molecular weight is 290 g/mol. The van der Waals surface area contributed by atoms with Crippen LogP contribution in [0, 0.1) is 0 Å². The quantitative estimate of drug-likeness (QED) is 0.829. The molecule has 0 spiro atoms. The van der Waals surface area contributed by atoms with Crippen LogP contribution in [0.1, 0.15) is 32.6 Å². The summed E-state index contributed by atoms with van der Waals surface area (Å²) in [6, 6.07) is 0.231. The van der Waals surface area contributed by atoms with Crippen LogP contribution in [0.5, 0.6) is 0 Å². The summed E-state index contributed by atoms with van der Waals surface area (Å²) in [6.45, 7) is 5.70. The number of likely N-dealkylation sites (tertiary alicyclic amines) is 1. The molecule has 0 aliphatic carbocycles. The van der Waals surface area contributed by atoms with E-state index in [1.807, 2.05) is 16.7 Å². The normalized spacial score (nSPS) is 24.1. The SMILES string of the molecule is CCCC(=O)N1CCCC(N2CCNCC2=O)C1.Cl. The number of halogens is 1. The zero-order valence-electron chi connectivity index (χ0n) is 11.6. The monoisotopic (exact) mass is 289 g/mol. The van der Waals surface area contributed by atoms with Gasteiger partial charge in [0.1, 0.15) is 0 Å². The number of hydrogen-bond donors (Lipinski definition) is 1. The van der Waals surface area contributed by atoms with Gasteiger partial charge < -0.3 is 15.1 Å². The van der Waals surface area contributed by atoms with Gasteiger partial charge in [-0.25, -0.2) is 0 Å². The number of nitrogens with zero attached hydrogens (tertiary/aromatic N) is 2. The first-order valence-corrected chi connectivity index (χ1v) is 7.00. The van der Waals surface area contributed by atoms with Crippen molar-refractivity contribution in [2.24, 2.45) is 0 Å². The molecule has 0 aromatic heterocycles. The minimum atomic E-state index is 0. The third kappa shape index (κ3) is 4.08. The fourth-order valence-electron chi connectivity index (χ4n) is 2.81. The van der Waals surface area contributed by atoms with E-state index in [1.54, 1.807) is 0 Å². The second-order valence-corrected chi connectivity index (χ2v) is 5.15. The third-order valence-corrected chi connectivity index (χ3v) is 3.78. The van der Waals surface area contributed by atoms with E-state index in [2.05, 4.69) is 5.32 Å². The summed E-state index contributed by atoms with van der Waals surface area (Å²) in [5.41, 5.74) is 0. The summed E-state index contributed by atoms with van der Waals surface area (Å²) < 4.78 is 0. The Balaban J connectivity index is 0.00000180. The number of amides is 2. The zero-order chi connectivity index (χ0) is 13.0. The van der Waals surface area contributed by atoms with Crippen molar-refractivity contribution < 1.29 is 9.59 Å². The van der Waals surface area contributed by atoms with Crippen molar-refractivity contribution in [1.82, 2.24) is 15.1 Å². The van der Waals surface area contributed by atoms with E-state index in [0.29, 0.717) is 13.0 Å². The predicted molar refractivity (Wildman–Crippen MR) is 76.3 cm³/mol. The molecule has 0 radical (unpaired) electrons. The lowest BCUT2D eigenvalue weighted by molar-refractivity contribution is -0.140. The number of carbonyl (C=O) groups excluding carboxylic acids is 2. The first-order chi connectivity index (χ1) is 8.72. The van der Waals surface area contributed by atoms with Crippen LogP contribution in [0.4, 0.5) is 0 Å². The van der Waals surface area contributed by atoms with E-state index in [1.165, 1.54) is 0 Å². The molecule has 19 heavy (non-hydrogen) atoms. The van der Waals surface area contributed by atoms with Gasteiger partial charge in [-0.2, -0.15) is 0 Å². The van der Waals surface area contributed by atoms with Crippen LogP contribution in [0.25, 0.3) is 0 Å². The molecule has 2 aliphatic rings. The molecule has 2 fully saturated rings. The largest absolute Gasteiger partial charge is 0.341 e. The lowest BCUT2D eigenvalue weighted by atomic mass is 10.0. The van der Waals surface area contributed by atoms with Crippen LogP contribution < -0.4 is 5.32 Å². The second kappa shape index (κ2) is 7.70. The van der Waals surface area contributed by atoms with Gasteiger partial charge in [0, 0.05) is 38.6 Å². The lowest BCUT2D eigenvalue weighted by Crippen LogP contribution is -2.57. The van der Waals surface area contributed by atoms with Crippen LogP contribution in [0.2, 0.25) is 0 Å². The Morgan fingerprint density at radius 3 is 2.89 bits per heavy atom. The van der Waals surface area contributed by atoms with Crippen molar-refractivity contribution in [2.45, 2.75) is 38.6 Å². The molecular weight excluding hydrogens is 266 g/mol. The summed E-state index contributed by atoms with van der Waals surface area (Å²) in [6.07, 6.45) is 3.56. The molecule has 0 bridgehead atoms. The number of nitrogens with one attached hydrogen (secondary N) is 1. The van der Waals surface area contributed by atoms with E-state index in [-0.39, 0.29) is 30.3 Å². The highest BCUT2D eigenvalue weighted by Gasteiger charge is 2.31. The molecule has 2 aliphatic heterocycles. The minimum Gasteiger partial charge on any atom is -0.341 e. The molecule has 2 heterocycles. The Morgan fingerprint density at radius 1 is 1.42 bits per heavy atom. The van der Waals surface area contributed by atoms with Gasteiger partial charge in [0.2, 0.25) is 11.8 Å². The van der Waals surface area contributed by atoms with Crippen LogP contribution >= 0.6 is 12.4 Å². The smallest absolute Gasteiger partial charge is 0.236 e. The van der Waals surface area contributed by atoms with E-state index >= 15 is 0 Å². The number of rotatable bonds is 3. The molecule has 0 aromatic carbocycles. The van der Waals surface area contributed by atoms with Crippen molar-refractivity contribution in [2.75, 3.05) is 32.7 Å². The average Bonchev–Trinajstić information content (AvgIpc) is 2.40. The Hall–Kier alpha value is -0.810. The van der Waals surface area contributed by atoms with Crippen molar-refractivity contribution >= 4 is 24.2 Å². The van der Waals surface area contributed by atoms with Gasteiger partial charge in [-0.1, -0.05) is 6.92 Å². The fraction of sp³-hybridized carbons (Fsp3) is 0.846. The molecular formula is C13H24ClN3O2. The van der Waals surface area contributed by atoms with E-state index in [4.69, 9.17) is 0 Å². The maximum absolute atomic E-state index is 11.9. The van der Waals surface area contributed by atoms with Crippen LogP contribution in [-0.2, 0) is 9.59 Å². The van der Waals surface area contributed by atoms with Crippen molar-refractivity contribution in [1.29, 1.82) is 0 Å². The van der Waals surface area contributed by atoms with Gasteiger partial charge in [0.25, 0.3) is 0 Å². The fourth-order valence-corrected chi connectivity index (χ4v) is 2.81. The van der Waals surface area contributed by atoms with E-state index in [9.17, 15) is 9.59 Å². The van der Waals surface area contributed by atoms with E-state index < -0.39 is 0 Å².